The Kier molecular flexibility index (Phi) is 5.00. The summed E-state index contributed by atoms with van der Waals surface area (Å²) in [6, 6.07) is 11.3. The first-order valence-corrected chi connectivity index (χ1v) is 9.56. The van der Waals surface area contributed by atoms with Gasteiger partial charge in [-0.1, -0.05) is 30.7 Å². The van der Waals surface area contributed by atoms with Crippen molar-refractivity contribution in [2.45, 2.75) is 32.6 Å². The molecule has 1 amide bonds. The van der Waals surface area contributed by atoms with Gasteiger partial charge in [0.05, 0.1) is 12.3 Å². The molecule has 144 valence electrons. The summed E-state index contributed by atoms with van der Waals surface area (Å²) >= 11 is 5.84. The fourth-order valence-corrected chi connectivity index (χ4v) is 3.56. The smallest absolute Gasteiger partial charge is 0.226 e. The minimum Gasteiger partial charge on any atom is -0.494 e. The number of hydrogen-bond donors (Lipinski definition) is 1. The first kappa shape index (κ1) is 18.4. The molecule has 0 spiro atoms. The number of halogens is 1. The third-order valence-electron chi connectivity index (χ3n) is 4.67. The molecule has 0 saturated heterocycles. The molecule has 4 rings (SSSR count). The number of amides is 1. The second kappa shape index (κ2) is 7.59. The highest BCUT2D eigenvalue weighted by Crippen LogP contribution is 2.40. The quantitative estimate of drug-likeness (QED) is 0.706. The number of aryl methyl sites for hydroxylation is 1. The number of nitrogens with one attached hydrogen (secondary N) is 1. The summed E-state index contributed by atoms with van der Waals surface area (Å²) < 4.78 is 7.37. The van der Waals surface area contributed by atoms with E-state index in [1.54, 1.807) is 16.8 Å². The summed E-state index contributed by atoms with van der Waals surface area (Å²) in [5, 5.41) is 15.8. The number of nitrogens with zero attached hydrogens (tertiary/aromatic N) is 4. The normalized spacial score (nSPS) is 15.8. The molecule has 3 heterocycles. The molecule has 8 heteroatoms. The Labute approximate surface area is 167 Å². The number of rotatable bonds is 5. The maximum absolute atomic E-state index is 12.5. The maximum Gasteiger partial charge on any atom is 0.226 e. The predicted octanol–water partition coefficient (Wildman–Crippen LogP) is 3.89. The number of carbonyl (C=O) groups is 1. The highest BCUT2D eigenvalue weighted by atomic mass is 35.5. The molecule has 1 aliphatic heterocycles. The van der Waals surface area contributed by atoms with Crippen LogP contribution in [0.5, 0.6) is 5.75 Å². The standard InChI is InChI=1S/C20H20ClN5O2/c1-3-9-28-14-6-4-5-13(10-14)15-11-18(27)22-20-19(15)12(2)25-26(20)17-8-7-16(21)23-24-17/h4-8,10,15H,3,9,11H2,1-2H3,(H,22,27)/t15-/m0/s1. The van der Waals surface area contributed by atoms with Gasteiger partial charge in [0, 0.05) is 17.9 Å². The predicted molar refractivity (Wildman–Crippen MR) is 106 cm³/mol. The summed E-state index contributed by atoms with van der Waals surface area (Å²) in [7, 11) is 0. The summed E-state index contributed by atoms with van der Waals surface area (Å²) in [5.74, 6) is 1.74. The van der Waals surface area contributed by atoms with Gasteiger partial charge in [0.2, 0.25) is 5.91 Å². The van der Waals surface area contributed by atoms with Crippen LogP contribution in [0.15, 0.2) is 36.4 Å². The van der Waals surface area contributed by atoms with Gasteiger partial charge in [0.1, 0.15) is 11.6 Å². The molecule has 1 N–H and O–H groups in total. The van der Waals surface area contributed by atoms with Crippen LogP contribution in [0.1, 0.15) is 42.5 Å². The average Bonchev–Trinajstić information content (AvgIpc) is 3.03. The zero-order valence-electron chi connectivity index (χ0n) is 15.6. The lowest BCUT2D eigenvalue weighted by atomic mass is 9.86. The second-order valence-corrected chi connectivity index (χ2v) is 7.09. The van der Waals surface area contributed by atoms with Crippen molar-refractivity contribution in [1.82, 2.24) is 20.0 Å². The summed E-state index contributed by atoms with van der Waals surface area (Å²) in [6.07, 6.45) is 1.29. The van der Waals surface area contributed by atoms with Crippen LogP contribution in [0.4, 0.5) is 5.82 Å². The van der Waals surface area contributed by atoms with Crippen LogP contribution in [-0.4, -0.2) is 32.5 Å². The minimum atomic E-state index is -0.108. The average molecular weight is 398 g/mol. The van der Waals surface area contributed by atoms with Crippen molar-refractivity contribution >= 4 is 23.3 Å². The van der Waals surface area contributed by atoms with Crippen LogP contribution in [0.25, 0.3) is 5.82 Å². The third kappa shape index (κ3) is 3.45. The molecule has 0 fully saturated rings. The van der Waals surface area contributed by atoms with Crippen molar-refractivity contribution in [3.8, 4) is 11.6 Å². The summed E-state index contributed by atoms with van der Waals surface area (Å²) in [5.41, 5.74) is 2.83. The van der Waals surface area contributed by atoms with Crippen LogP contribution in [0.3, 0.4) is 0 Å². The number of aromatic nitrogens is 4. The van der Waals surface area contributed by atoms with Crippen LogP contribution < -0.4 is 10.1 Å². The van der Waals surface area contributed by atoms with E-state index in [4.69, 9.17) is 16.3 Å². The Morgan fingerprint density at radius 3 is 2.89 bits per heavy atom. The van der Waals surface area contributed by atoms with Crippen LogP contribution in [-0.2, 0) is 4.79 Å². The molecule has 1 atom stereocenters. The highest BCUT2D eigenvalue weighted by Gasteiger charge is 2.33. The molecule has 3 aromatic rings. The highest BCUT2D eigenvalue weighted by molar-refractivity contribution is 6.29. The molecule has 0 aliphatic carbocycles. The lowest BCUT2D eigenvalue weighted by Crippen LogP contribution is -2.25. The van der Waals surface area contributed by atoms with Crippen molar-refractivity contribution in [3.05, 3.63) is 58.4 Å². The van der Waals surface area contributed by atoms with E-state index in [0.717, 1.165) is 29.0 Å². The summed E-state index contributed by atoms with van der Waals surface area (Å²) in [6.45, 7) is 4.66. The zero-order chi connectivity index (χ0) is 19.7. The van der Waals surface area contributed by atoms with Gasteiger partial charge in [-0.3, -0.25) is 4.79 Å². The van der Waals surface area contributed by atoms with E-state index in [1.807, 2.05) is 31.2 Å². The van der Waals surface area contributed by atoms with E-state index in [0.29, 0.717) is 29.8 Å². The van der Waals surface area contributed by atoms with Gasteiger partial charge >= 0.3 is 0 Å². The van der Waals surface area contributed by atoms with Crippen molar-refractivity contribution in [2.24, 2.45) is 0 Å². The van der Waals surface area contributed by atoms with Gasteiger partial charge in [0.25, 0.3) is 0 Å². The molecule has 0 bridgehead atoms. The van der Waals surface area contributed by atoms with Gasteiger partial charge in [-0.05, 0) is 43.2 Å². The van der Waals surface area contributed by atoms with E-state index in [9.17, 15) is 4.79 Å². The monoisotopic (exact) mass is 397 g/mol. The molecule has 0 radical (unpaired) electrons. The van der Waals surface area contributed by atoms with Crippen molar-refractivity contribution in [2.75, 3.05) is 11.9 Å². The van der Waals surface area contributed by atoms with E-state index in [-0.39, 0.29) is 11.8 Å². The Morgan fingerprint density at radius 1 is 1.29 bits per heavy atom. The van der Waals surface area contributed by atoms with Gasteiger partial charge in [-0.2, -0.15) is 9.78 Å². The number of hydrogen-bond acceptors (Lipinski definition) is 5. The Bertz CT molecular complexity index is 1020. The van der Waals surface area contributed by atoms with Crippen molar-refractivity contribution in [1.29, 1.82) is 0 Å². The molecular weight excluding hydrogens is 378 g/mol. The van der Waals surface area contributed by atoms with Crippen LogP contribution >= 0.6 is 11.6 Å². The molecule has 28 heavy (non-hydrogen) atoms. The lowest BCUT2D eigenvalue weighted by molar-refractivity contribution is -0.116. The van der Waals surface area contributed by atoms with E-state index in [2.05, 4.69) is 27.5 Å². The van der Waals surface area contributed by atoms with E-state index in [1.165, 1.54) is 0 Å². The van der Waals surface area contributed by atoms with Crippen LogP contribution in [0, 0.1) is 6.92 Å². The fourth-order valence-electron chi connectivity index (χ4n) is 3.46. The number of anilines is 1. The molecule has 2 aromatic heterocycles. The van der Waals surface area contributed by atoms with Gasteiger partial charge in [-0.15, -0.1) is 10.2 Å². The van der Waals surface area contributed by atoms with Crippen LogP contribution in [0.2, 0.25) is 5.15 Å². The van der Waals surface area contributed by atoms with E-state index < -0.39 is 0 Å². The third-order valence-corrected chi connectivity index (χ3v) is 4.87. The molecule has 1 aromatic carbocycles. The Hall–Kier alpha value is -2.93. The van der Waals surface area contributed by atoms with Crippen molar-refractivity contribution in [3.63, 3.8) is 0 Å². The van der Waals surface area contributed by atoms with Crippen molar-refractivity contribution < 1.29 is 9.53 Å². The molecule has 0 unspecified atom stereocenters. The zero-order valence-corrected chi connectivity index (χ0v) is 16.4. The minimum absolute atomic E-state index is 0.0690. The molecule has 1 aliphatic rings. The van der Waals surface area contributed by atoms with Gasteiger partial charge < -0.3 is 10.1 Å². The SMILES string of the molecule is CCCOc1cccc([C@@H]2CC(=O)Nc3c2c(C)nn3-c2ccc(Cl)nn2)c1. The number of benzene rings is 1. The van der Waals surface area contributed by atoms with E-state index >= 15 is 0 Å². The Morgan fingerprint density at radius 2 is 2.14 bits per heavy atom. The Balaban J connectivity index is 1.77. The largest absolute Gasteiger partial charge is 0.494 e. The second-order valence-electron chi connectivity index (χ2n) is 6.70. The topological polar surface area (TPSA) is 81.9 Å². The lowest BCUT2D eigenvalue weighted by Gasteiger charge is -2.24. The summed E-state index contributed by atoms with van der Waals surface area (Å²) in [4.78, 5) is 12.5. The molecular formula is C20H20ClN5O2. The number of ether oxygens (including phenoxy) is 1. The molecule has 0 saturated carbocycles. The fraction of sp³-hybridized carbons (Fsp3) is 0.300. The maximum atomic E-state index is 12.5. The first-order valence-electron chi connectivity index (χ1n) is 9.18. The molecule has 7 nitrogen and oxygen atoms in total. The first-order chi connectivity index (χ1) is 13.6. The van der Waals surface area contributed by atoms with Gasteiger partial charge in [-0.25, -0.2) is 0 Å². The number of carbonyl (C=O) groups excluding carboxylic acids is 1. The number of fused-ring (bicyclic) bond motifs is 1. The van der Waals surface area contributed by atoms with Gasteiger partial charge in [0.15, 0.2) is 11.0 Å².